The van der Waals surface area contributed by atoms with Crippen molar-refractivity contribution in [1.82, 2.24) is 19.5 Å². The van der Waals surface area contributed by atoms with Crippen LogP contribution in [0.25, 0.3) is 11.2 Å². The molecule has 0 bridgehead atoms. The van der Waals surface area contributed by atoms with Crippen molar-refractivity contribution < 1.29 is 28.8 Å². The SMILES string of the molecule is CC(C)(C)OC(=O)Nc1ncnc2c1ncn2[C@@H]1O[C@H](CO)[C@@H]2OC(C)(C)O[C@H]21. The molecule has 29 heavy (non-hydrogen) atoms. The maximum atomic E-state index is 12.1. The Morgan fingerprint density at radius 2 is 2.00 bits per heavy atom. The lowest BCUT2D eigenvalue weighted by atomic mass is 10.1. The summed E-state index contributed by atoms with van der Waals surface area (Å²) in [5.41, 5.74) is 0.180. The summed E-state index contributed by atoms with van der Waals surface area (Å²) < 4.78 is 24.8. The van der Waals surface area contributed by atoms with Gasteiger partial charge >= 0.3 is 6.09 Å². The van der Waals surface area contributed by atoms with Gasteiger partial charge in [0.1, 0.15) is 30.2 Å². The summed E-state index contributed by atoms with van der Waals surface area (Å²) in [5, 5.41) is 12.3. The molecule has 0 saturated carbocycles. The van der Waals surface area contributed by atoms with Gasteiger partial charge in [-0.3, -0.25) is 9.88 Å². The number of ether oxygens (including phenoxy) is 4. The van der Waals surface area contributed by atoms with E-state index in [-0.39, 0.29) is 12.4 Å². The average Bonchev–Trinajstić information content (AvgIpc) is 3.24. The third kappa shape index (κ3) is 3.78. The number of nitrogens with one attached hydrogen (secondary N) is 1. The number of anilines is 1. The number of aromatic nitrogens is 4. The molecule has 0 aromatic carbocycles. The number of aliphatic hydroxyl groups is 1. The van der Waals surface area contributed by atoms with E-state index < -0.39 is 42.0 Å². The van der Waals surface area contributed by atoms with E-state index in [1.165, 1.54) is 12.7 Å². The van der Waals surface area contributed by atoms with Gasteiger partial charge in [-0.05, 0) is 34.6 Å². The number of amides is 1. The quantitative estimate of drug-likeness (QED) is 0.779. The van der Waals surface area contributed by atoms with Gasteiger partial charge in [0.2, 0.25) is 0 Å². The third-order valence-corrected chi connectivity index (χ3v) is 4.56. The summed E-state index contributed by atoms with van der Waals surface area (Å²) in [6.07, 6.45) is 0.211. The van der Waals surface area contributed by atoms with Crippen molar-refractivity contribution in [3.63, 3.8) is 0 Å². The number of hydrogen-bond donors (Lipinski definition) is 2. The molecule has 11 nitrogen and oxygen atoms in total. The van der Waals surface area contributed by atoms with Crippen LogP contribution in [0.15, 0.2) is 12.7 Å². The molecule has 11 heteroatoms. The average molecular weight is 407 g/mol. The summed E-state index contributed by atoms with van der Waals surface area (Å²) in [7, 11) is 0. The van der Waals surface area contributed by atoms with Crippen LogP contribution in [0, 0.1) is 0 Å². The monoisotopic (exact) mass is 407 g/mol. The summed E-state index contributed by atoms with van der Waals surface area (Å²) in [6.45, 7) is 8.74. The number of nitrogens with zero attached hydrogens (tertiary/aromatic N) is 4. The second-order valence-electron chi connectivity index (χ2n) is 8.49. The topological polar surface area (TPSA) is 130 Å². The molecule has 2 aliphatic rings. The first-order valence-electron chi connectivity index (χ1n) is 9.37. The number of carbonyl (C=O) groups excluding carboxylic acids is 1. The van der Waals surface area contributed by atoms with Gasteiger partial charge in [0, 0.05) is 0 Å². The van der Waals surface area contributed by atoms with E-state index >= 15 is 0 Å². The Hall–Kier alpha value is -2.34. The third-order valence-electron chi connectivity index (χ3n) is 4.56. The molecule has 4 rings (SSSR count). The minimum absolute atomic E-state index is 0.204. The summed E-state index contributed by atoms with van der Waals surface area (Å²) >= 11 is 0. The summed E-state index contributed by atoms with van der Waals surface area (Å²) in [4.78, 5) is 24.9. The van der Waals surface area contributed by atoms with Crippen LogP contribution in [-0.2, 0) is 18.9 Å². The Morgan fingerprint density at radius 3 is 2.69 bits per heavy atom. The van der Waals surface area contributed by atoms with Crippen molar-refractivity contribution in [2.45, 2.75) is 70.5 Å². The van der Waals surface area contributed by atoms with Crippen molar-refractivity contribution in [2.24, 2.45) is 0 Å². The van der Waals surface area contributed by atoms with Crippen LogP contribution < -0.4 is 5.32 Å². The molecule has 2 N–H and O–H groups in total. The first-order chi connectivity index (χ1) is 13.6. The predicted octanol–water partition coefficient (Wildman–Crippen LogP) is 1.58. The lowest BCUT2D eigenvalue weighted by molar-refractivity contribution is -0.199. The Kier molecular flexibility index (Phi) is 4.73. The highest BCUT2D eigenvalue weighted by Gasteiger charge is 2.56. The molecule has 4 heterocycles. The lowest BCUT2D eigenvalue weighted by Crippen LogP contribution is -2.31. The van der Waals surface area contributed by atoms with Crippen LogP contribution in [0.3, 0.4) is 0 Å². The van der Waals surface area contributed by atoms with E-state index in [1.54, 1.807) is 25.3 Å². The fourth-order valence-corrected chi connectivity index (χ4v) is 3.56. The fraction of sp³-hybridized carbons (Fsp3) is 0.667. The first kappa shape index (κ1) is 20.0. The molecule has 1 amide bonds. The van der Waals surface area contributed by atoms with Crippen LogP contribution in [0.1, 0.15) is 40.8 Å². The highest BCUT2D eigenvalue weighted by atomic mass is 16.8. The van der Waals surface area contributed by atoms with Crippen LogP contribution in [-0.4, -0.2) is 67.0 Å². The largest absolute Gasteiger partial charge is 0.444 e. The Bertz CT molecular complexity index is 923. The Morgan fingerprint density at radius 1 is 1.28 bits per heavy atom. The summed E-state index contributed by atoms with van der Waals surface area (Å²) in [5.74, 6) is -0.570. The smallest absolute Gasteiger partial charge is 0.413 e. The zero-order chi connectivity index (χ0) is 21.0. The van der Waals surface area contributed by atoms with Crippen molar-refractivity contribution in [3.05, 3.63) is 12.7 Å². The number of aliphatic hydroxyl groups excluding tert-OH is 1. The highest BCUT2D eigenvalue weighted by Crippen LogP contribution is 2.43. The first-order valence-corrected chi connectivity index (χ1v) is 9.37. The van der Waals surface area contributed by atoms with Crippen LogP contribution >= 0.6 is 0 Å². The number of carbonyl (C=O) groups is 1. The van der Waals surface area contributed by atoms with Crippen molar-refractivity contribution in [2.75, 3.05) is 11.9 Å². The number of hydrogen-bond acceptors (Lipinski definition) is 9. The Balaban J connectivity index is 1.64. The summed E-state index contributed by atoms with van der Waals surface area (Å²) in [6, 6.07) is 0. The van der Waals surface area contributed by atoms with Gasteiger partial charge in [-0.25, -0.2) is 19.7 Å². The van der Waals surface area contributed by atoms with Gasteiger partial charge in [0.15, 0.2) is 29.0 Å². The highest BCUT2D eigenvalue weighted by molar-refractivity contribution is 5.93. The van der Waals surface area contributed by atoms with Crippen molar-refractivity contribution in [1.29, 1.82) is 0 Å². The molecule has 0 unspecified atom stereocenters. The van der Waals surface area contributed by atoms with E-state index in [0.29, 0.717) is 11.2 Å². The molecule has 2 aliphatic heterocycles. The number of rotatable bonds is 3. The van der Waals surface area contributed by atoms with E-state index in [4.69, 9.17) is 18.9 Å². The molecule has 2 saturated heterocycles. The van der Waals surface area contributed by atoms with Crippen LogP contribution in [0.4, 0.5) is 10.6 Å². The molecule has 0 aliphatic carbocycles. The van der Waals surface area contributed by atoms with Crippen LogP contribution in [0.5, 0.6) is 0 Å². The predicted molar refractivity (Wildman–Crippen MR) is 100 cm³/mol. The minimum atomic E-state index is -0.792. The van der Waals surface area contributed by atoms with E-state index in [0.717, 1.165) is 0 Å². The molecular weight excluding hydrogens is 382 g/mol. The molecule has 2 fully saturated rings. The fourth-order valence-electron chi connectivity index (χ4n) is 3.56. The Labute approximate surface area is 167 Å². The molecule has 0 radical (unpaired) electrons. The van der Waals surface area contributed by atoms with Crippen LogP contribution in [0.2, 0.25) is 0 Å². The van der Waals surface area contributed by atoms with Gasteiger partial charge in [-0.2, -0.15) is 0 Å². The van der Waals surface area contributed by atoms with Gasteiger partial charge < -0.3 is 24.1 Å². The van der Waals surface area contributed by atoms with Gasteiger partial charge in [-0.1, -0.05) is 0 Å². The van der Waals surface area contributed by atoms with E-state index in [2.05, 4.69) is 20.3 Å². The second kappa shape index (κ2) is 6.87. The van der Waals surface area contributed by atoms with E-state index in [1.807, 2.05) is 13.8 Å². The molecule has 2 aromatic rings. The molecule has 2 aromatic heterocycles. The lowest BCUT2D eigenvalue weighted by Gasteiger charge is -2.24. The zero-order valence-electron chi connectivity index (χ0n) is 16.9. The maximum absolute atomic E-state index is 12.1. The van der Waals surface area contributed by atoms with E-state index in [9.17, 15) is 9.90 Å². The molecule has 158 valence electrons. The van der Waals surface area contributed by atoms with Crippen molar-refractivity contribution in [3.8, 4) is 0 Å². The maximum Gasteiger partial charge on any atom is 0.413 e. The molecule has 4 atom stereocenters. The van der Waals surface area contributed by atoms with Gasteiger partial charge in [0.05, 0.1) is 12.9 Å². The molecule has 0 spiro atoms. The number of imidazole rings is 1. The number of fused-ring (bicyclic) bond motifs is 2. The van der Waals surface area contributed by atoms with Gasteiger partial charge in [-0.15, -0.1) is 0 Å². The minimum Gasteiger partial charge on any atom is -0.444 e. The second-order valence-corrected chi connectivity index (χ2v) is 8.49. The molecular formula is C18H25N5O6. The normalized spacial score (nSPS) is 28.5. The zero-order valence-corrected chi connectivity index (χ0v) is 16.9. The van der Waals surface area contributed by atoms with Gasteiger partial charge in [0.25, 0.3) is 0 Å². The van der Waals surface area contributed by atoms with Crippen molar-refractivity contribution >= 4 is 23.1 Å². The standard InChI is InChI=1S/C18H25N5O6/c1-17(2,3)29-16(25)22-13-10-14(20-7-19-13)23(8-21-10)15-12-11(9(6-24)26-15)27-18(4,5)28-12/h7-9,11-12,15,24H,6H2,1-5H3,(H,19,20,22,25)/t9-,11+,12-,15-/m1/s1.